The van der Waals surface area contributed by atoms with Gasteiger partial charge < -0.3 is 5.73 Å². The van der Waals surface area contributed by atoms with E-state index < -0.39 is 0 Å². The third-order valence-electron chi connectivity index (χ3n) is 4.46. The molecule has 2 aromatic rings. The Morgan fingerprint density at radius 3 is 2.90 bits per heavy atom. The molecule has 0 saturated carbocycles. The average Bonchev–Trinajstić information content (AvgIpc) is 2.96. The summed E-state index contributed by atoms with van der Waals surface area (Å²) in [6.07, 6.45) is 7.33. The van der Waals surface area contributed by atoms with Gasteiger partial charge in [0.2, 0.25) is 0 Å². The molecule has 2 unspecified atom stereocenters. The van der Waals surface area contributed by atoms with E-state index >= 15 is 0 Å². The average molecular weight is 285 g/mol. The van der Waals surface area contributed by atoms with Gasteiger partial charge in [0.05, 0.1) is 0 Å². The van der Waals surface area contributed by atoms with Crippen molar-refractivity contribution in [1.82, 2.24) is 0 Å². The SMILES string of the molecule is NC(CCCc1ccccc1)C1CCCc2sccc21. The lowest BCUT2D eigenvalue weighted by Crippen LogP contribution is -2.30. The molecule has 1 aromatic heterocycles. The van der Waals surface area contributed by atoms with E-state index in [1.54, 1.807) is 10.4 Å². The van der Waals surface area contributed by atoms with Gasteiger partial charge in [0.15, 0.2) is 0 Å². The van der Waals surface area contributed by atoms with Crippen LogP contribution in [0.2, 0.25) is 0 Å². The van der Waals surface area contributed by atoms with Gasteiger partial charge in [0.1, 0.15) is 0 Å². The van der Waals surface area contributed by atoms with E-state index in [2.05, 4.69) is 41.8 Å². The lowest BCUT2D eigenvalue weighted by atomic mass is 9.81. The zero-order chi connectivity index (χ0) is 13.8. The molecule has 2 N–H and O–H groups in total. The van der Waals surface area contributed by atoms with E-state index in [9.17, 15) is 0 Å². The van der Waals surface area contributed by atoms with Crippen molar-refractivity contribution in [3.05, 3.63) is 57.8 Å². The molecule has 3 rings (SSSR count). The minimum Gasteiger partial charge on any atom is -0.327 e. The second-order valence-electron chi connectivity index (χ2n) is 5.84. The Morgan fingerprint density at radius 2 is 2.05 bits per heavy atom. The molecule has 1 aliphatic carbocycles. The fourth-order valence-electron chi connectivity index (χ4n) is 3.35. The fraction of sp³-hybridized carbons (Fsp3) is 0.444. The van der Waals surface area contributed by atoms with Crippen molar-refractivity contribution in [2.45, 2.75) is 50.5 Å². The third kappa shape index (κ3) is 3.13. The predicted octanol–water partition coefficient (Wildman–Crippen LogP) is 4.52. The molecule has 106 valence electrons. The molecular formula is C18H23NS. The lowest BCUT2D eigenvalue weighted by molar-refractivity contribution is 0.436. The van der Waals surface area contributed by atoms with Crippen molar-refractivity contribution in [2.24, 2.45) is 5.73 Å². The Hall–Kier alpha value is -1.12. The van der Waals surface area contributed by atoms with Crippen LogP contribution in [0, 0.1) is 0 Å². The van der Waals surface area contributed by atoms with Crippen molar-refractivity contribution in [3.63, 3.8) is 0 Å². The van der Waals surface area contributed by atoms with Crippen LogP contribution in [0.5, 0.6) is 0 Å². The molecule has 1 aromatic carbocycles. The Kier molecular flexibility index (Phi) is 4.54. The summed E-state index contributed by atoms with van der Waals surface area (Å²) in [5, 5.41) is 2.24. The standard InChI is InChI=1S/C18H23NS/c19-17(10-4-8-14-6-2-1-3-7-14)15-9-5-11-18-16(15)12-13-20-18/h1-3,6-7,12-13,15,17H,4-5,8-11,19H2. The normalized spacial score (nSPS) is 19.6. The monoisotopic (exact) mass is 285 g/mol. The van der Waals surface area contributed by atoms with Crippen LogP contribution in [0.15, 0.2) is 41.8 Å². The molecule has 2 heteroatoms. The maximum atomic E-state index is 6.49. The summed E-state index contributed by atoms with van der Waals surface area (Å²) in [6, 6.07) is 13.4. The van der Waals surface area contributed by atoms with Crippen molar-refractivity contribution in [1.29, 1.82) is 0 Å². The Balaban J connectivity index is 1.54. The van der Waals surface area contributed by atoms with Crippen LogP contribution >= 0.6 is 11.3 Å². The minimum atomic E-state index is 0.326. The molecule has 0 fully saturated rings. The van der Waals surface area contributed by atoms with Crippen molar-refractivity contribution in [3.8, 4) is 0 Å². The molecule has 2 atom stereocenters. The van der Waals surface area contributed by atoms with Gasteiger partial charge in [-0.05, 0) is 61.1 Å². The van der Waals surface area contributed by atoms with Crippen LogP contribution < -0.4 is 5.73 Å². The van der Waals surface area contributed by atoms with Crippen LogP contribution in [-0.4, -0.2) is 6.04 Å². The maximum Gasteiger partial charge on any atom is 0.0108 e. The molecule has 0 radical (unpaired) electrons. The lowest BCUT2D eigenvalue weighted by Gasteiger charge is -2.28. The van der Waals surface area contributed by atoms with E-state index in [0.717, 1.165) is 12.8 Å². The van der Waals surface area contributed by atoms with Crippen molar-refractivity contribution < 1.29 is 0 Å². The van der Waals surface area contributed by atoms with Gasteiger partial charge in [-0.25, -0.2) is 0 Å². The molecule has 1 nitrogen and oxygen atoms in total. The Labute approximate surface area is 125 Å². The van der Waals surface area contributed by atoms with E-state index in [-0.39, 0.29) is 0 Å². The van der Waals surface area contributed by atoms with Crippen LogP contribution in [0.1, 0.15) is 47.6 Å². The van der Waals surface area contributed by atoms with Crippen LogP contribution in [-0.2, 0) is 12.8 Å². The van der Waals surface area contributed by atoms with Crippen LogP contribution in [0.25, 0.3) is 0 Å². The second kappa shape index (κ2) is 6.55. The molecule has 0 aliphatic heterocycles. The van der Waals surface area contributed by atoms with Gasteiger partial charge in [0.25, 0.3) is 0 Å². The highest BCUT2D eigenvalue weighted by atomic mass is 32.1. The molecular weight excluding hydrogens is 262 g/mol. The molecule has 0 amide bonds. The number of fused-ring (bicyclic) bond motifs is 1. The molecule has 0 spiro atoms. The van der Waals surface area contributed by atoms with Crippen LogP contribution in [0.4, 0.5) is 0 Å². The number of hydrogen-bond acceptors (Lipinski definition) is 2. The first-order valence-electron chi connectivity index (χ1n) is 7.70. The molecule has 1 heterocycles. The van der Waals surface area contributed by atoms with Crippen molar-refractivity contribution in [2.75, 3.05) is 0 Å². The van der Waals surface area contributed by atoms with E-state index in [1.807, 2.05) is 11.3 Å². The fourth-order valence-corrected chi connectivity index (χ4v) is 4.35. The number of thiophene rings is 1. The third-order valence-corrected chi connectivity index (χ3v) is 5.46. The topological polar surface area (TPSA) is 26.0 Å². The highest BCUT2D eigenvalue weighted by molar-refractivity contribution is 7.10. The summed E-state index contributed by atoms with van der Waals surface area (Å²) >= 11 is 1.91. The number of rotatable bonds is 5. The summed E-state index contributed by atoms with van der Waals surface area (Å²) in [5.74, 6) is 0.598. The number of aryl methyl sites for hydroxylation is 2. The second-order valence-corrected chi connectivity index (χ2v) is 6.84. The number of hydrogen-bond donors (Lipinski definition) is 1. The van der Waals surface area contributed by atoms with Gasteiger partial charge >= 0.3 is 0 Å². The maximum absolute atomic E-state index is 6.49. The van der Waals surface area contributed by atoms with Gasteiger partial charge in [-0.3, -0.25) is 0 Å². The molecule has 0 bridgehead atoms. The van der Waals surface area contributed by atoms with Crippen LogP contribution in [0.3, 0.4) is 0 Å². The minimum absolute atomic E-state index is 0.326. The summed E-state index contributed by atoms with van der Waals surface area (Å²) < 4.78 is 0. The zero-order valence-electron chi connectivity index (χ0n) is 11.9. The predicted molar refractivity (Wildman–Crippen MR) is 87.4 cm³/mol. The van der Waals surface area contributed by atoms with Crippen molar-refractivity contribution >= 4 is 11.3 Å². The summed E-state index contributed by atoms with van der Waals surface area (Å²) in [6.45, 7) is 0. The largest absolute Gasteiger partial charge is 0.327 e. The number of nitrogens with two attached hydrogens (primary N) is 1. The van der Waals surface area contributed by atoms with Gasteiger partial charge in [0, 0.05) is 16.8 Å². The smallest absolute Gasteiger partial charge is 0.0108 e. The summed E-state index contributed by atoms with van der Waals surface area (Å²) in [5.41, 5.74) is 9.47. The molecule has 0 saturated heterocycles. The van der Waals surface area contributed by atoms with Gasteiger partial charge in [-0.2, -0.15) is 0 Å². The first-order valence-corrected chi connectivity index (χ1v) is 8.58. The highest BCUT2D eigenvalue weighted by Crippen LogP contribution is 2.37. The van der Waals surface area contributed by atoms with E-state index in [4.69, 9.17) is 5.73 Å². The molecule has 20 heavy (non-hydrogen) atoms. The van der Waals surface area contributed by atoms with E-state index in [0.29, 0.717) is 12.0 Å². The quantitative estimate of drug-likeness (QED) is 0.859. The summed E-state index contributed by atoms with van der Waals surface area (Å²) in [7, 11) is 0. The summed E-state index contributed by atoms with van der Waals surface area (Å²) in [4.78, 5) is 1.58. The van der Waals surface area contributed by atoms with Gasteiger partial charge in [-0.1, -0.05) is 30.3 Å². The first-order chi connectivity index (χ1) is 9.84. The zero-order valence-corrected chi connectivity index (χ0v) is 12.7. The Bertz CT molecular complexity index is 531. The highest BCUT2D eigenvalue weighted by Gasteiger charge is 2.25. The van der Waals surface area contributed by atoms with Gasteiger partial charge in [-0.15, -0.1) is 11.3 Å². The first kappa shape index (κ1) is 13.8. The molecule has 1 aliphatic rings. The number of benzene rings is 1. The van der Waals surface area contributed by atoms with E-state index in [1.165, 1.54) is 31.2 Å². The Morgan fingerprint density at radius 1 is 1.20 bits per heavy atom.